The molecule has 0 saturated heterocycles. The largest absolute Gasteiger partial charge is 0.309 e. The summed E-state index contributed by atoms with van der Waals surface area (Å²) >= 11 is 1.84. The molecule has 3 aromatic heterocycles. The van der Waals surface area contributed by atoms with Gasteiger partial charge in [0.05, 0.1) is 16.7 Å². The second kappa shape index (κ2) is 14.9. The van der Waals surface area contributed by atoms with Crippen LogP contribution in [0.2, 0.25) is 0 Å². The van der Waals surface area contributed by atoms with Crippen LogP contribution in [0.25, 0.3) is 115 Å². The van der Waals surface area contributed by atoms with Gasteiger partial charge in [-0.05, 0) is 64.2 Å². The van der Waals surface area contributed by atoms with Crippen LogP contribution in [0.4, 0.5) is 0 Å². The van der Waals surface area contributed by atoms with E-state index in [1.165, 1.54) is 47.6 Å². The molecule has 12 aromatic rings. The van der Waals surface area contributed by atoms with Crippen molar-refractivity contribution in [3.63, 3.8) is 0 Å². The molecule has 0 bridgehead atoms. The summed E-state index contributed by atoms with van der Waals surface area (Å²) in [5, 5.41) is 5.02. The molecule has 0 aliphatic rings. The highest BCUT2D eigenvalue weighted by Gasteiger charge is 2.19. The molecule has 0 N–H and O–H groups in total. The monoisotopic (exact) mass is 808 g/mol. The number of para-hydroxylation sites is 2. The Kier molecular flexibility index (Phi) is 8.65. The summed E-state index contributed by atoms with van der Waals surface area (Å²) in [6.07, 6.45) is 0. The van der Waals surface area contributed by atoms with Gasteiger partial charge in [0.2, 0.25) is 0 Å². The molecule has 0 unspecified atom stereocenters. The molecule has 0 radical (unpaired) electrons. The molecular weight excluding hydrogens is 773 g/mol. The van der Waals surface area contributed by atoms with E-state index in [2.05, 4.69) is 205 Å². The first-order chi connectivity index (χ1) is 30.7. The van der Waals surface area contributed by atoms with E-state index in [0.29, 0.717) is 17.5 Å². The molecule has 0 fully saturated rings. The standard InChI is InChI=1S/C57H36N4S/c1-3-14-37(15-4-1)41-18-13-19-43(34-41)45-32-31-44(35-52(45)61-50-23-10-7-20-46(50)47-21-8-11-24-51(47)61)57-59-55(39-16-5-2-6-17-39)58-56(60-57)40-28-26-38(27-29-40)42-30-33-49-48-22-9-12-25-53(48)62-54(49)36-42/h1-36H. The zero-order chi connectivity index (χ0) is 41.0. The second-order valence-electron chi connectivity index (χ2n) is 15.6. The number of fused-ring (bicyclic) bond motifs is 6. The number of nitrogens with zero attached hydrogens (tertiary/aromatic N) is 4. The Labute approximate surface area is 362 Å². The number of aromatic nitrogens is 4. The molecule has 0 aliphatic heterocycles. The number of benzene rings is 9. The van der Waals surface area contributed by atoms with Crippen LogP contribution >= 0.6 is 11.3 Å². The van der Waals surface area contributed by atoms with Crippen molar-refractivity contribution in [2.45, 2.75) is 0 Å². The number of hydrogen-bond acceptors (Lipinski definition) is 4. The molecule has 0 spiro atoms. The van der Waals surface area contributed by atoms with Crippen molar-refractivity contribution in [1.82, 2.24) is 19.5 Å². The minimum absolute atomic E-state index is 0.611. The lowest BCUT2D eigenvalue weighted by molar-refractivity contribution is 1.07. The fraction of sp³-hybridized carbons (Fsp3) is 0. The minimum Gasteiger partial charge on any atom is -0.309 e. The van der Waals surface area contributed by atoms with E-state index >= 15 is 0 Å². The molecule has 5 heteroatoms. The van der Waals surface area contributed by atoms with Crippen molar-refractivity contribution in [2.75, 3.05) is 0 Å². The lowest BCUT2D eigenvalue weighted by atomic mass is 9.96. The fourth-order valence-corrected chi connectivity index (χ4v) is 9.99. The van der Waals surface area contributed by atoms with Crippen LogP contribution in [0.3, 0.4) is 0 Å². The molecular formula is C57H36N4S. The van der Waals surface area contributed by atoms with Crippen LogP contribution in [0.5, 0.6) is 0 Å². The van der Waals surface area contributed by atoms with Crippen LogP contribution < -0.4 is 0 Å². The molecule has 62 heavy (non-hydrogen) atoms. The quantitative estimate of drug-likeness (QED) is 0.161. The Morgan fingerprint density at radius 2 is 0.758 bits per heavy atom. The molecule has 290 valence electrons. The highest BCUT2D eigenvalue weighted by molar-refractivity contribution is 7.25. The average Bonchev–Trinajstić information content (AvgIpc) is 3.90. The van der Waals surface area contributed by atoms with Gasteiger partial charge in [0.25, 0.3) is 0 Å². The summed E-state index contributed by atoms with van der Waals surface area (Å²) in [7, 11) is 0. The summed E-state index contributed by atoms with van der Waals surface area (Å²) in [6, 6.07) is 77.6. The third-order valence-corrected chi connectivity index (χ3v) is 13.0. The van der Waals surface area contributed by atoms with Gasteiger partial charge >= 0.3 is 0 Å². The van der Waals surface area contributed by atoms with Gasteiger partial charge in [-0.2, -0.15) is 0 Å². The molecule has 0 aliphatic carbocycles. The normalized spacial score (nSPS) is 11.5. The van der Waals surface area contributed by atoms with Crippen LogP contribution in [-0.2, 0) is 0 Å². The lowest BCUT2D eigenvalue weighted by Crippen LogP contribution is -2.02. The molecule has 9 aromatic carbocycles. The summed E-state index contributed by atoms with van der Waals surface area (Å²) in [5.74, 6) is 1.86. The molecule has 4 nitrogen and oxygen atoms in total. The average molecular weight is 809 g/mol. The van der Waals surface area contributed by atoms with Crippen molar-refractivity contribution in [1.29, 1.82) is 0 Å². The maximum atomic E-state index is 5.24. The first-order valence-electron chi connectivity index (χ1n) is 20.8. The maximum Gasteiger partial charge on any atom is 0.164 e. The van der Waals surface area contributed by atoms with E-state index < -0.39 is 0 Å². The zero-order valence-corrected chi connectivity index (χ0v) is 34.3. The predicted octanol–water partition coefficient (Wildman–Crippen LogP) is 15.3. The smallest absolute Gasteiger partial charge is 0.164 e. The van der Waals surface area contributed by atoms with Gasteiger partial charge in [-0.25, -0.2) is 15.0 Å². The Hall–Kier alpha value is -7.99. The molecule has 12 rings (SSSR count). The Morgan fingerprint density at radius 3 is 1.47 bits per heavy atom. The van der Waals surface area contributed by atoms with Gasteiger partial charge in [0.15, 0.2) is 17.5 Å². The maximum absolute atomic E-state index is 5.24. The van der Waals surface area contributed by atoms with Crippen LogP contribution in [0.1, 0.15) is 0 Å². The second-order valence-corrected chi connectivity index (χ2v) is 16.7. The van der Waals surface area contributed by atoms with Gasteiger partial charge in [-0.3, -0.25) is 0 Å². The SMILES string of the molecule is c1ccc(-c2cccc(-c3ccc(-c4nc(-c5ccccc5)nc(-c5ccc(-c6ccc7c(c6)sc6ccccc67)cc5)n4)cc3-n3c4ccccc4c4ccccc43)c2)cc1. The third-order valence-electron chi connectivity index (χ3n) is 11.9. The topological polar surface area (TPSA) is 43.6 Å². The Balaban J connectivity index is 1.02. The van der Waals surface area contributed by atoms with E-state index in [0.717, 1.165) is 50.1 Å². The Morgan fingerprint density at radius 1 is 0.290 bits per heavy atom. The van der Waals surface area contributed by atoms with E-state index in [4.69, 9.17) is 15.0 Å². The van der Waals surface area contributed by atoms with E-state index in [1.807, 2.05) is 29.5 Å². The van der Waals surface area contributed by atoms with Crippen molar-refractivity contribution in [3.05, 3.63) is 218 Å². The van der Waals surface area contributed by atoms with Gasteiger partial charge < -0.3 is 4.57 Å². The predicted molar refractivity (Wildman–Crippen MR) is 260 cm³/mol. The Bertz CT molecular complexity index is 3570. The number of thiophene rings is 1. The van der Waals surface area contributed by atoms with E-state index in [1.54, 1.807) is 0 Å². The molecule has 0 saturated carbocycles. The van der Waals surface area contributed by atoms with Crippen LogP contribution in [0.15, 0.2) is 218 Å². The highest BCUT2D eigenvalue weighted by Crippen LogP contribution is 2.40. The summed E-state index contributed by atoms with van der Waals surface area (Å²) in [5.41, 5.74) is 13.0. The first kappa shape index (κ1) is 35.9. The lowest BCUT2D eigenvalue weighted by Gasteiger charge is -2.17. The first-order valence-corrected chi connectivity index (χ1v) is 21.7. The van der Waals surface area contributed by atoms with Crippen molar-refractivity contribution in [2.24, 2.45) is 0 Å². The van der Waals surface area contributed by atoms with Crippen molar-refractivity contribution < 1.29 is 0 Å². The fourth-order valence-electron chi connectivity index (χ4n) is 8.85. The van der Waals surface area contributed by atoms with Gasteiger partial charge in [-0.1, -0.05) is 182 Å². The highest BCUT2D eigenvalue weighted by atomic mass is 32.1. The van der Waals surface area contributed by atoms with Crippen LogP contribution in [-0.4, -0.2) is 19.5 Å². The van der Waals surface area contributed by atoms with E-state index in [-0.39, 0.29) is 0 Å². The molecule has 3 heterocycles. The van der Waals surface area contributed by atoms with Gasteiger partial charge in [-0.15, -0.1) is 11.3 Å². The number of rotatable bonds is 7. The van der Waals surface area contributed by atoms with Crippen molar-refractivity contribution in [3.8, 4) is 73.2 Å². The van der Waals surface area contributed by atoms with Crippen LogP contribution in [0, 0.1) is 0 Å². The summed E-state index contributed by atoms with van der Waals surface area (Å²) in [6.45, 7) is 0. The van der Waals surface area contributed by atoms with Gasteiger partial charge in [0, 0.05) is 53.2 Å². The van der Waals surface area contributed by atoms with Crippen molar-refractivity contribution >= 4 is 53.3 Å². The zero-order valence-electron chi connectivity index (χ0n) is 33.5. The summed E-state index contributed by atoms with van der Waals surface area (Å²) in [4.78, 5) is 15.5. The minimum atomic E-state index is 0.611. The van der Waals surface area contributed by atoms with E-state index in [9.17, 15) is 0 Å². The third kappa shape index (κ3) is 6.26. The molecule has 0 atom stereocenters. The molecule has 0 amide bonds. The van der Waals surface area contributed by atoms with Gasteiger partial charge in [0.1, 0.15) is 0 Å². The number of hydrogen-bond donors (Lipinski definition) is 0. The summed E-state index contributed by atoms with van der Waals surface area (Å²) < 4.78 is 5.00.